The third-order valence-corrected chi connectivity index (χ3v) is 6.29. The van der Waals surface area contributed by atoms with Crippen molar-refractivity contribution >= 4 is 11.8 Å². The third kappa shape index (κ3) is 6.16. The topological polar surface area (TPSA) is 58.6 Å². The highest BCUT2D eigenvalue weighted by Crippen LogP contribution is 2.38. The van der Waals surface area contributed by atoms with Crippen molar-refractivity contribution in [2.75, 3.05) is 13.1 Å². The molecule has 178 valence electrons. The van der Waals surface area contributed by atoms with Gasteiger partial charge in [0.05, 0.1) is 6.04 Å². The molecule has 0 aromatic heterocycles. The fourth-order valence-corrected chi connectivity index (χ4v) is 4.42. The number of aryl methyl sites for hydroxylation is 1. The molecule has 0 radical (unpaired) electrons. The van der Waals surface area contributed by atoms with Crippen LogP contribution in [0, 0.1) is 12.8 Å². The molecule has 0 saturated carbocycles. The second kappa shape index (κ2) is 11.4. The minimum Gasteiger partial charge on any atom is -0.481 e. The highest BCUT2D eigenvalue weighted by atomic mass is 16.5. The number of amides is 2. The quantitative estimate of drug-likeness (QED) is 0.571. The lowest BCUT2D eigenvalue weighted by molar-refractivity contribution is -0.133. The first-order chi connectivity index (χ1) is 15.8. The minimum atomic E-state index is -0.537. The van der Waals surface area contributed by atoms with E-state index in [9.17, 15) is 9.59 Å². The standard InChI is InChI=1S/C28H38N2O3/c1-6-25(28(32)29-15-13-19(3)4)33-23-12-11-21-14-16-30(26(31)7-2)27(24(21)18-23)22-10-8-9-20(5)17-22/h8-12,17-19,25,27H,6-7,13-16H2,1-5H3,(H,29,32)/t25-,27-/m0/s1. The Labute approximate surface area is 198 Å². The first kappa shape index (κ1) is 24.8. The number of nitrogens with one attached hydrogen (secondary N) is 1. The Bertz CT molecular complexity index is 969. The van der Waals surface area contributed by atoms with Gasteiger partial charge in [-0.3, -0.25) is 9.59 Å². The summed E-state index contributed by atoms with van der Waals surface area (Å²) >= 11 is 0. The second-order valence-corrected chi connectivity index (χ2v) is 9.36. The van der Waals surface area contributed by atoms with Gasteiger partial charge in [0, 0.05) is 19.5 Å². The van der Waals surface area contributed by atoms with E-state index in [0.717, 1.165) is 24.0 Å². The molecule has 2 aromatic carbocycles. The molecule has 2 amide bonds. The molecule has 0 saturated heterocycles. The van der Waals surface area contributed by atoms with Gasteiger partial charge in [0.15, 0.2) is 6.10 Å². The molecule has 1 aliphatic heterocycles. The molecule has 1 N–H and O–H groups in total. The lowest BCUT2D eigenvalue weighted by atomic mass is 9.87. The maximum atomic E-state index is 12.8. The Morgan fingerprint density at radius 3 is 2.61 bits per heavy atom. The summed E-state index contributed by atoms with van der Waals surface area (Å²) in [5.41, 5.74) is 4.58. The molecule has 1 aliphatic rings. The van der Waals surface area contributed by atoms with Crippen LogP contribution in [0.5, 0.6) is 5.75 Å². The van der Waals surface area contributed by atoms with Gasteiger partial charge in [0.1, 0.15) is 5.75 Å². The van der Waals surface area contributed by atoms with Crippen LogP contribution in [0.1, 0.15) is 75.3 Å². The largest absolute Gasteiger partial charge is 0.481 e. The van der Waals surface area contributed by atoms with Crippen LogP contribution < -0.4 is 10.1 Å². The molecule has 33 heavy (non-hydrogen) atoms. The Hall–Kier alpha value is -2.82. The fraction of sp³-hybridized carbons (Fsp3) is 0.500. The minimum absolute atomic E-state index is 0.0751. The zero-order valence-electron chi connectivity index (χ0n) is 20.7. The number of carbonyl (C=O) groups excluding carboxylic acids is 2. The SMILES string of the molecule is CCC(=O)N1CCc2ccc(O[C@@H](CC)C(=O)NCCC(C)C)cc2[C@@H]1c1cccc(C)c1. The lowest BCUT2D eigenvalue weighted by Gasteiger charge is -2.38. The van der Waals surface area contributed by atoms with Gasteiger partial charge < -0.3 is 15.0 Å². The molecule has 0 unspecified atom stereocenters. The van der Waals surface area contributed by atoms with Crippen molar-refractivity contribution in [3.05, 3.63) is 64.7 Å². The zero-order valence-corrected chi connectivity index (χ0v) is 20.7. The molecule has 0 spiro atoms. The first-order valence-corrected chi connectivity index (χ1v) is 12.3. The molecule has 5 nitrogen and oxygen atoms in total. The van der Waals surface area contributed by atoms with Crippen molar-refractivity contribution in [1.29, 1.82) is 0 Å². The van der Waals surface area contributed by atoms with Crippen molar-refractivity contribution in [3.8, 4) is 5.75 Å². The van der Waals surface area contributed by atoms with E-state index in [1.54, 1.807) is 0 Å². The summed E-state index contributed by atoms with van der Waals surface area (Å²) in [6.07, 6.45) is 2.29. The maximum absolute atomic E-state index is 12.8. The van der Waals surface area contributed by atoms with Gasteiger partial charge in [0.2, 0.25) is 5.91 Å². The maximum Gasteiger partial charge on any atom is 0.261 e. The average Bonchev–Trinajstić information content (AvgIpc) is 2.80. The van der Waals surface area contributed by atoms with E-state index in [-0.39, 0.29) is 17.9 Å². The smallest absolute Gasteiger partial charge is 0.261 e. The van der Waals surface area contributed by atoms with Crippen molar-refractivity contribution in [1.82, 2.24) is 10.2 Å². The molecule has 5 heteroatoms. The summed E-state index contributed by atoms with van der Waals surface area (Å²) in [7, 11) is 0. The summed E-state index contributed by atoms with van der Waals surface area (Å²) in [5.74, 6) is 1.28. The van der Waals surface area contributed by atoms with E-state index in [0.29, 0.717) is 37.6 Å². The van der Waals surface area contributed by atoms with Gasteiger partial charge >= 0.3 is 0 Å². The van der Waals surface area contributed by atoms with E-state index in [1.165, 1.54) is 11.1 Å². The van der Waals surface area contributed by atoms with E-state index in [1.807, 2.05) is 36.9 Å². The van der Waals surface area contributed by atoms with E-state index in [2.05, 4.69) is 50.4 Å². The Morgan fingerprint density at radius 1 is 1.15 bits per heavy atom. The van der Waals surface area contributed by atoms with Gasteiger partial charge in [-0.15, -0.1) is 0 Å². The summed E-state index contributed by atoms with van der Waals surface area (Å²) in [5, 5.41) is 3.00. The predicted octanol–water partition coefficient (Wildman–Crippen LogP) is 5.20. The second-order valence-electron chi connectivity index (χ2n) is 9.36. The third-order valence-electron chi connectivity index (χ3n) is 6.29. The van der Waals surface area contributed by atoms with Crippen molar-refractivity contribution in [2.45, 2.75) is 72.4 Å². The van der Waals surface area contributed by atoms with Crippen molar-refractivity contribution < 1.29 is 14.3 Å². The average molecular weight is 451 g/mol. The number of ether oxygens (including phenoxy) is 1. The van der Waals surface area contributed by atoms with Gasteiger partial charge in [-0.2, -0.15) is 0 Å². The normalized spacial score (nSPS) is 16.3. The molecule has 2 aromatic rings. The van der Waals surface area contributed by atoms with E-state index in [4.69, 9.17) is 4.74 Å². The summed E-state index contributed by atoms with van der Waals surface area (Å²) < 4.78 is 6.16. The molecule has 1 heterocycles. The van der Waals surface area contributed by atoms with Crippen LogP contribution >= 0.6 is 0 Å². The van der Waals surface area contributed by atoms with Crippen LogP contribution in [0.2, 0.25) is 0 Å². The number of rotatable bonds is 9. The summed E-state index contributed by atoms with van der Waals surface area (Å²) in [6.45, 7) is 11.6. The first-order valence-electron chi connectivity index (χ1n) is 12.3. The fourth-order valence-electron chi connectivity index (χ4n) is 4.42. The van der Waals surface area contributed by atoms with Crippen LogP contribution in [0.15, 0.2) is 42.5 Å². The van der Waals surface area contributed by atoms with Crippen LogP contribution in [0.3, 0.4) is 0 Å². The molecule has 0 fully saturated rings. The van der Waals surface area contributed by atoms with Crippen LogP contribution in [0.4, 0.5) is 0 Å². The van der Waals surface area contributed by atoms with E-state index < -0.39 is 6.10 Å². The molecular weight excluding hydrogens is 412 g/mol. The van der Waals surface area contributed by atoms with Gasteiger partial charge in [0.25, 0.3) is 5.91 Å². The number of benzene rings is 2. The Morgan fingerprint density at radius 2 is 1.94 bits per heavy atom. The zero-order chi connectivity index (χ0) is 24.0. The molecule has 3 rings (SSSR count). The number of carbonyl (C=O) groups is 2. The highest BCUT2D eigenvalue weighted by molar-refractivity contribution is 5.81. The number of hydrogen-bond acceptors (Lipinski definition) is 3. The number of hydrogen-bond donors (Lipinski definition) is 1. The monoisotopic (exact) mass is 450 g/mol. The number of nitrogens with zero attached hydrogens (tertiary/aromatic N) is 1. The predicted molar refractivity (Wildman–Crippen MR) is 132 cm³/mol. The lowest BCUT2D eigenvalue weighted by Crippen LogP contribution is -2.40. The Balaban J connectivity index is 1.89. The van der Waals surface area contributed by atoms with Crippen LogP contribution in [-0.2, 0) is 16.0 Å². The molecule has 2 atom stereocenters. The van der Waals surface area contributed by atoms with Gasteiger partial charge in [-0.25, -0.2) is 0 Å². The molecule has 0 bridgehead atoms. The van der Waals surface area contributed by atoms with Gasteiger partial charge in [-0.05, 0) is 60.9 Å². The van der Waals surface area contributed by atoms with Crippen molar-refractivity contribution in [3.63, 3.8) is 0 Å². The number of fused-ring (bicyclic) bond motifs is 1. The molecular formula is C28H38N2O3. The van der Waals surface area contributed by atoms with Crippen molar-refractivity contribution in [2.24, 2.45) is 5.92 Å². The Kier molecular flexibility index (Phi) is 8.54. The summed E-state index contributed by atoms with van der Waals surface area (Å²) in [6, 6.07) is 14.3. The molecule has 0 aliphatic carbocycles. The van der Waals surface area contributed by atoms with Gasteiger partial charge in [-0.1, -0.05) is 63.6 Å². The highest BCUT2D eigenvalue weighted by Gasteiger charge is 2.32. The van der Waals surface area contributed by atoms with E-state index >= 15 is 0 Å². The summed E-state index contributed by atoms with van der Waals surface area (Å²) in [4.78, 5) is 27.5. The van der Waals surface area contributed by atoms with Crippen LogP contribution in [-0.4, -0.2) is 35.9 Å². The van der Waals surface area contributed by atoms with Crippen LogP contribution in [0.25, 0.3) is 0 Å².